The molecule has 2 rings (SSSR count). The Kier molecular flexibility index (Phi) is 3.87. The van der Waals surface area contributed by atoms with Gasteiger partial charge in [0.15, 0.2) is 0 Å². The maximum Gasteiger partial charge on any atom is 0.254 e. The van der Waals surface area contributed by atoms with Crippen molar-refractivity contribution >= 4 is 11.6 Å². The molecule has 1 aromatic rings. The minimum absolute atomic E-state index is 0.0730. The Morgan fingerprint density at radius 1 is 1.44 bits per heavy atom. The number of amides is 1. The van der Waals surface area contributed by atoms with Gasteiger partial charge in [0.25, 0.3) is 5.91 Å². The maximum absolute atomic E-state index is 12.3. The van der Waals surface area contributed by atoms with Gasteiger partial charge < -0.3 is 15.7 Å². The van der Waals surface area contributed by atoms with Crippen molar-refractivity contribution < 1.29 is 9.90 Å². The summed E-state index contributed by atoms with van der Waals surface area (Å²) < 4.78 is 0. The Bertz CT molecular complexity index is 437. The number of anilines is 1. The first-order valence-corrected chi connectivity index (χ1v) is 6.38. The summed E-state index contributed by atoms with van der Waals surface area (Å²) in [5, 5.41) is 9.09. The number of nitrogen functional groups attached to an aromatic ring is 1. The van der Waals surface area contributed by atoms with Crippen LogP contribution in [0.15, 0.2) is 18.2 Å². The molecule has 0 saturated carbocycles. The van der Waals surface area contributed by atoms with Crippen molar-refractivity contribution in [3.63, 3.8) is 0 Å². The number of benzene rings is 1. The van der Waals surface area contributed by atoms with E-state index in [1.807, 2.05) is 17.9 Å². The number of aliphatic hydroxyl groups is 1. The lowest BCUT2D eigenvalue weighted by molar-refractivity contribution is 0.0650. The van der Waals surface area contributed by atoms with Gasteiger partial charge in [0, 0.05) is 30.9 Å². The summed E-state index contributed by atoms with van der Waals surface area (Å²) in [4.78, 5) is 14.2. The average molecular weight is 248 g/mol. The molecule has 4 nitrogen and oxygen atoms in total. The van der Waals surface area contributed by atoms with Gasteiger partial charge in [0.05, 0.1) is 0 Å². The minimum atomic E-state index is 0.0730. The van der Waals surface area contributed by atoms with E-state index in [-0.39, 0.29) is 12.5 Å². The highest BCUT2D eigenvalue weighted by atomic mass is 16.3. The van der Waals surface area contributed by atoms with Gasteiger partial charge >= 0.3 is 0 Å². The van der Waals surface area contributed by atoms with Crippen molar-refractivity contribution in [2.45, 2.75) is 19.8 Å². The van der Waals surface area contributed by atoms with Crippen molar-refractivity contribution in [3.05, 3.63) is 29.3 Å². The normalized spacial score (nSPS) is 16.9. The smallest absolute Gasteiger partial charge is 0.254 e. The number of aryl methyl sites for hydroxylation is 1. The Labute approximate surface area is 107 Å². The van der Waals surface area contributed by atoms with Crippen LogP contribution in [0.1, 0.15) is 28.8 Å². The Hall–Kier alpha value is -1.55. The third kappa shape index (κ3) is 2.64. The first-order valence-electron chi connectivity index (χ1n) is 6.38. The van der Waals surface area contributed by atoms with Gasteiger partial charge in [-0.15, -0.1) is 0 Å². The molecule has 1 fully saturated rings. The zero-order valence-electron chi connectivity index (χ0n) is 10.7. The molecular formula is C14H20N2O2. The molecule has 0 bridgehead atoms. The number of nitrogens with zero attached hydrogens (tertiary/aromatic N) is 1. The van der Waals surface area contributed by atoms with Crippen LogP contribution in [0, 0.1) is 12.8 Å². The van der Waals surface area contributed by atoms with Gasteiger partial charge in [-0.2, -0.15) is 0 Å². The van der Waals surface area contributed by atoms with Crippen molar-refractivity contribution in [2.75, 3.05) is 25.4 Å². The molecule has 98 valence electrons. The number of aliphatic hydroxyl groups excluding tert-OH is 1. The fourth-order valence-corrected chi connectivity index (χ4v) is 2.42. The average Bonchev–Trinajstić information content (AvgIpc) is 2.38. The van der Waals surface area contributed by atoms with E-state index in [4.69, 9.17) is 10.8 Å². The molecule has 0 spiro atoms. The maximum atomic E-state index is 12.3. The number of carbonyl (C=O) groups excluding carboxylic acids is 1. The standard InChI is InChI=1S/C14H20N2O2/c1-10-8-12(15)2-3-13(10)14(18)16-6-4-11(9-17)5-7-16/h2-3,8,11,17H,4-7,9,15H2,1H3. The van der Waals surface area contributed by atoms with E-state index < -0.39 is 0 Å². The van der Waals surface area contributed by atoms with Crippen LogP contribution in [0.2, 0.25) is 0 Å². The Morgan fingerprint density at radius 3 is 2.67 bits per heavy atom. The Morgan fingerprint density at radius 2 is 2.11 bits per heavy atom. The molecule has 1 amide bonds. The van der Waals surface area contributed by atoms with E-state index in [1.165, 1.54) is 0 Å². The second-order valence-corrected chi connectivity index (χ2v) is 4.99. The zero-order valence-corrected chi connectivity index (χ0v) is 10.7. The van der Waals surface area contributed by atoms with Crippen LogP contribution in [-0.2, 0) is 0 Å². The minimum Gasteiger partial charge on any atom is -0.399 e. The molecule has 1 aliphatic rings. The van der Waals surface area contributed by atoms with E-state index in [0.29, 0.717) is 11.6 Å². The largest absolute Gasteiger partial charge is 0.399 e. The van der Waals surface area contributed by atoms with Gasteiger partial charge in [0.2, 0.25) is 0 Å². The fourth-order valence-electron chi connectivity index (χ4n) is 2.42. The molecule has 4 heteroatoms. The highest BCUT2D eigenvalue weighted by Crippen LogP contribution is 2.20. The summed E-state index contributed by atoms with van der Waals surface area (Å²) in [6.07, 6.45) is 1.77. The molecule has 0 aromatic heterocycles. The van der Waals surface area contributed by atoms with Gasteiger partial charge in [-0.05, 0) is 49.4 Å². The van der Waals surface area contributed by atoms with Crippen LogP contribution < -0.4 is 5.73 Å². The molecular weight excluding hydrogens is 228 g/mol. The molecule has 0 aliphatic carbocycles. The van der Waals surface area contributed by atoms with Crippen LogP contribution in [0.4, 0.5) is 5.69 Å². The third-order valence-corrected chi connectivity index (χ3v) is 3.64. The number of carbonyl (C=O) groups is 1. The topological polar surface area (TPSA) is 66.6 Å². The molecule has 0 atom stereocenters. The zero-order chi connectivity index (χ0) is 13.1. The summed E-state index contributed by atoms with van der Waals surface area (Å²) in [5.41, 5.74) is 8.02. The van der Waals surface area contributed by atoms with Gasteiger partial charge in [-0.25, -0.2) is 0 Å². The molecule has 1 aliphatic heterocycles. The predicted molar refractivity (Wildman–Crippen MR) is 71.3 cm³/mol. The number of rotatable bonds is 2. The molecule has 0 radical (unpaired) electrons. The number of piperidine rings is 1. The van der Waals surface area contributed by atoms with Gasteiger partial charge in [-0.3, -0.25) is 4.79 Å². The quantitative estimate of drug-likeness (QED) is 0.778. The van der Waals surface area contributed by atoms with Crippen molar-refractivity contribution in [2.24, 2.45) is 5.92 Å². The summed E-state index contributed by atoms with van der Waals surface area (Å²) in [6, 6.07) is 5.39. The summed E-state index contributed by atoms with van der Waals surface area (Å²) >= 11 is 0. The van der Waals surface area contributed by atoms with E-state index in [9.17, 15) is 4.79 Å². The second-order valence-electron chi connectivity index (χ2n) is 4.99. The van der Waals surface area contributed by atoms with Crippen LogP contribution in [0.5, 0.6) is 0 Å². The van der Waals surface area contributed by atoms with Crippen molar-refractivity contribution in [1.29, 1.82) is 0 Å². The molecule has 1 saturated heterocycles. The van der Waals surface area contributed by atoms with Gasteiger partial charge in [0.1, 0.15) is 0 Å². The van der Waals surface area contributed by atoms with Crippen molar-refractivity contribution in [1.82, 2.24) is 4.90 Å². The summed E-state index contributed by atoms with van der Waals surface area (Å²) in [7, 11) is 0. The molecule has 0 unspecified atom stereocenters. The SMILES string of the molecule is Cc1cc(N)ccc1C(=O)N1CCC(CO)CC1. The lowest BCUT2D eigenvalue weighted by atomic mass is 9.97. The fraction of sp³-hybridized carbons (Fsp3) is 0.500. The highest BCUT2D eigenvalue weighted by molar-refractivity contribution is 5.96. The number of nitrogens with two attached hydrogens (primary N) is 1. The highest BCUT2D eigenvalue weighted by Gasteiger charge is 2.23. The lowest BCUT2D eigenvalue weighted by Crippen LogP contribution is -2.39. The number of hydrogen-bond donors (Lipinski definition) is 2. The monoisotopic (exact) mass is 248 g/mol. The van der Waals surface area contributed by atoms with E-state index in [1.54, 1.807) is 12.1 Å². The molecule has 3 N–H and O–H groups in total. The molecule has 1 aromatic carbocycles. The molecule has 1 heterocycles. The Balaban J connectivity index is 2.08. The second kappa shape index (κ2) is 5.40. The third-order valence-electron chi connectivity index (χ3n) is 3.64. The first kappa shape index (κ1) is 12.9. The lowest BCUT2D eigenvalue weighted by Gasteiger charge is -2.31. The number of hydrogen-bond acceptors (Lipinski definition) is 3. The first-order chi connectivity index (χ1) is 8.61. The van der Waals surface area contributed by atoms with E-state index in [2.05, 4.69) is 0 Å². The van der Waals surface area contributed by atoms with Crippen molar-refractivity contribution in [3.8, 4) is 0 Å². The predicted octanol–water partition coefficient (Wildman–Crippen LogP) is 1.42. The van der Waals surface area contributed by atoms with Crippen LogP contribution in [0.25, 0.3) is 0 Å². The molecule has 18 heavy (non-hydrogen) atoms. The summed E-state index contributed by atoms with van der Waals surface area (Å²) in [5.74, 6) is 0.422. The number of likely N-dealkylation sites (tertiary alicyclic amines) is 1. The van der Waals surface area contributed by atoms with E-state index >= 15 is 0 Å². The van der Waals surface area contributed by atoms with Crippen LogP contribution >= 0.6 is 0 Å². The summed E-state index contributed by atoms with van der Waals surface area (Å²) in [6.45, 7) is 3.59. The van der Waals surface area contributed by atoms with Crippen LogP contribution in [-0.4, -0.2) is 35.6 Å². The van der Waals surface area contributed by atoms with E-state index in [0.717, 1.165) is 37.1 Å². The van der Waals surface area contributed by atoms with Crippen LogP contribution in [0.3, 0.4) is 0 Å². The van der Waals surface area contributed by atoms with Gasteiger partial charge in [-0.1, -0.05) is 0 Å².